The minimum atomic E-state index is -0.437. The minimum Gasteiger partial charge on any atom is -0.495 e. The molecule has 2 aromatic carbocycles. The Balaban J connectivity index is 1.52. The Morgan fingerprint density at radius 3 is 2.81 bits per heavy atom. The zero-order chi connectivity index (χ0) is 18.1. The van der Waals surface area contributed by atoms with Crippen LogP contribution in [0.1, 0.15) is 6.42 Å². The molecule has 0 saturated carbocycles. The molecule has 1 aromatic heterocycles. The molecule has 0 radical (unpaired) electrons. The summed E-state index contributed by atoms with van der Waals surface area (Å²) in [6.45, 7) is 0.317. The van der Waals surface area contributed by atoms with Gasteiger partial charge in [0.2, 0.25) is 11.8 Å². The third-order valence-electron chi connectivity index (χ3n) is 4.56. The second-order valence-electron chi connectivity index (χ2n) is 6.16. The minimum absolute atomic E-state index is 0.0925. The van der Waals surface area contributed by atoms with E-state index in [4.69, 9.17) is 4.74 Å². The van der Waals surface area contributed by atoms with Crippen LogP contribution in [0.25, 0.3) is 11.0 Å². The molecule has 1 unspecified atom stereocenters. The summed E-state index contributed by atoms with van der Waals surface area (Å²) in [4.78, 5) is 31.0. The second-order valence-corrected chi connectivity index (χ2v) is 6.16. The van der Waals surface area contributed by atoms with E-state index in [0.29, 0.717) is 18.0 Å². The average Bonchev–Trinajstić information content (AvgIpc) is 3.25. The number of fused-ring (bicyclic) bond motifs is 1. The van der Waals surface area contributed by atoms with E-state index in [1.807, 2.05) is 42.5 Å². The summed E-state index contributed by atoms with van der Waals surface area (Å²) in [7, 11) is 1.56. The molecule has 1 fully saturated rings. The maximum Gasteiger partial charge on any atom is 0.244 e. The lowest BCUT2D eigenvalue weighted by atomic mass is 10.1. The van der Waals surface area contributed by atoms with Gasteiger partial charge in [-0.25, -0.2) is 9.66 Å². The standard InChI is InChI=1S/C19H18N4O3/c1-26-17-9-5-4-8-16(17)22-11-13(10-18(22)24)19(25)21-23-12-20-14-6-2-3-7-15(14)23/h2-9,12-13H,10-11H2,1H3,(H,21,25). The van der Waals surface area contributed by atoms with Gasteiger partial charge >= 0.3 is 0 Å². The number of hydrogen-bond acceptors (Lipinski definition) is 4. The molecule has 7 nitrogen and oxygen atoms in total. The number of hydrogen-bond donors (Lipinski definition) is 1. The highest BCUT2D eigenvalue weighted by molar-refractivity contribution is 6.02. The van der Waals surface area contributed by atoms with Crippen molar-refractivity contribution in [1.29, 1.82) is 0 Å². The van der Waals surface area contributed by atoms with Crippen molar-refractivity contribution in [3.05, 3.63) is 54.9 Å². The Morgan fingerprint density at radius 1 is 1.19 bits per heavy atom. The van der Waals surface area contributed by atoms with Crippen LogP contribution in [0.2, 0.25) is 0 Å². The van der Waals surface area contributed by atoms with Gasteiger partial charge in [0.25, 0.3) is 0 Å². The molecule has 132 valence electrons. The first-order valence-electron chi connectivity index (χ1n) is 8.33. The second kappa shape index (κ2) is 6.51. The molecule has 26 heavy (non-hydrogen) atoms. The van der Waals surface area contributed by atoms with Crippen molar-refractivity contribution < 1.29 is 14.3 Å². The van der Waals surface area contributed by atoms with E-state index in [0.717, 1.165) is 11.0 Å². The number of nitrogens with zero attached hydrogens (tertiary/aromatic N) is 3. The number of amides is 2. The molecule has 7 heteroatoms. The van der Waals surface area contributed by atoms with Crippen LogP contribution in [0.4, 0.5) is 5.69 Å². The van der Waals surface area contributed by atoms with Crippen molar-refractivity contribution in [3.8, 4) is 5.75 Å². The molecule has 3 aromatic rings. The lowest BCUT2D eigenvalue weighted by Crippen LogP contribution is -2.31. The first kappa shape index (κ1) is 16.1. The van der Waals surface area contributed by atoms with Crippen LogP contribution in [-0.4, -0.2) is 35.1 Å². The summed E-state index contributed by atoms with van der Waals surface area (Å²) in [5.74, 6) is -0.125. The molecule has 0 bridgehead atoms. The van der Waals surface area contributed by atoms with Crippen molar-refractivity contribution in [3.63, 3.8) is 0 Å². The predicted molar refractivity (Wildman–Crippen MR) is 97.6 cm³/mol. The number of benzene rings is 2. The van der Waals surface area contributed by atoms with Gasteiger partial charge in [0.05, 0.1) is 29.7 Å². The van der Waals surface area contributed by atoms with E-state index in [2.05, 4.69) is 10.4 Å². The maximum absolute atomic E-state index is 12.7. The smallest absolute Gasteiger partial charge is 0.244 e. The lowest BCUT2D eigenvalue weighted by molar-refractivity contribution is -0.123. The zero-order valence-corrected chi connectivity index (χ0v) is 14.3. The van der Waals surface area contributed by atoms with Crippen LogP contribution in [0.15, 0.2) is 54.9 Å². The monoisotopic (exact) mass is 350 g/mol. The third kappa shape index (κ3) is 2.77. The Bertz CT molecular complexity index is 982. The van der Waals surface area contributed by atoms with Gasteiger partial charge in [-0.05, 0) is 24.3 Å². The Kier molecular flexibility index (Phi) is 4.04. The predicted octanol–water partition coefficient (Wildman–Crippen LogP) is 2.17. The van der Waals surface area contributed by atoms with E-state index in [1.54, 1.807) is 29.1 Å². The molecule has 2 heterocycles. The van der Waals surface area contributed by atoms with Gasteiger partial charge in [0.1, 0.15) is 12.1 Å². The van der Waals surface area contributed by atoms with E-state index in [1.165, 1.54) is 0 Å². The van der Waals surface area contributed by atoms with Crippen LogP contribution >= 0.6 is 0 Å². The Hall–Kier alpha value is -3.35. The summed E-state index contributed by atoms with van der Waals surface area (Å²) in [5.41, 5.74) is 5.13. The number of methoxy groups -OCH3 is 1. The van der Waals surface area contributed by atoms with Crippen molar-refractivity contribution in [2.75, 3.05) is 24.0 Å². The number of para-hydroxylation sites is 4. The van der Waals surface area contributed by atoms with Crippen LogP contribution < -0.4 is 15.1 Å². The van der Waals surface area contributed by atoms with Crippen molar-refractivity contribution in [2.45, 2.75) is 6.42 Å². The molecular weight excluding hydrogens is 332 g/mol. The van der Waals surface area contributed by atoms with Gasteiger partial charge < -0.3 is 9.64 Å². The molecule has 1 aliphatic rings. The highest BCUT2D eigenvalue weighted by atomic mass is 16.5. The first-order chi connectivity index (χ1) is 12.7. The average molecular weight is 350 g/mol. The van der Waals surface area contributed by atoms with E-state index in [9.17, 15) is 9.59 Å². The fourth-order valence-electron chi connectivity index (χ4n) is 3.23. The fraction of sp³-hybridized carbons (Fsp3) is 0.211. The number of imidazole rings is 1. The molecule has 0 spiro atoms. The summed E-state index contributed by atoms with van der Waals surface area (Å²) < 4.78 is 6.92. The molecule has 1 N–H and O–H groups in total. The Labute approximate surface area is 150 Å². The molecule has 0 aliphatic carbocycles. The van der Waals surface area contributed by atoms with Gasteiger partial charge in [0.15, 0.2) is 0 Å². The van der Waals surface area contributed by atoms with E-state index < -0.39 is 5.92 Å². The number of anilines is 1. The largest absolute Gasteiger partial charge is 0.495 e. The van der Waals surface area contributed by atoms with Gasteiger partial charge in [0, 0.05) is 13.0 Å². The maximum atomic E-state index is 12.7. The summed E-state index contributed by atoms with van der Waals surface area (Å²) >= 11 is 0. The van der Waals surface area contributed by atoms with Crippen LogP contribution in [-0.2, 0) is 9.59 Å². The van der Waals surface area contributed by atoms with Gasteiger partial charge in [-0.1, -0.05) is 24.3 Å². The SMILES string of the molecule is COc1ccccc1N1CC(C(=O)Nn2cnc3ccccc32)CC1=O. The van der Waals surface area contributed by atoms with Gasteiger partial charge in [-0.2, -0.15) is 0 Å². The normalized spacial score (nSPS) is 16.9. The first-order valence-corrected chi connectivity index (χ1v) is 8.33. The quantitative estimate of drug-likeness (QED) is 0.782. The molecular formula is C19H18N4O3. The lowest BCUT2D eigenvalue weighted by Gasteiger charge is -2.19. The summed E-state index contributed by atoms with van der Waals surface area (Å²) in [6.07, 6.45) is 1.73. The zero-order valence-electron chi connectivity index (χ0n) is 14.3. The van der Waals surface area contributed by atoms with Gasteiger partial charge in [-0.3, -0.25) is 15.0 Å². The fourth-order valence-corrected chi connectivity index (χ4v) is 3.23. The van der Waals surface area contributed by atoms with E-state index in [-0.39, 0.29) is 18.2 Å². The van der Waals surface area contributed by atoms with Crippen molar-refractivity contribution in [2.24, 2.45) is 5.92 Å². The number of carbonyl (C=O) groups is 2. The molecule has 1 atom stereocenters. The third-order valence-corrected chi connectivity index (χ3v) is 4.56. The van der Waals surface area contributed by atoms with Gasteiger partial charge in [-0.15, -0.1) is 0 Å². The van der Waals surface area contributed by atoms with Crippen LogP contribution in [0, 0.1) is 5.92 Å². The molecule has 2 amide bonds. The van der Waals surface area contributed by atoms with Crippen LogP contribution in [0.5, 0.6) is 5.75 Å². The number of ether oxygens (including phenoxy) is 1. The highest BCUT2D eigenvalue weighted by Gasteiger charge is 2.36. The molecule has 1 aliphatic heterocycles. The summed E-state index contributed by atoms with van der Waals surface area (Å²) in [6, 6.07) is 14.8. The Morgan fingerprint density at radius 2 is 1.96 bits per heavy atom. The highest BCUT2D eigenvalue weighted by Crippen LogP contribution is 2.32. The molecule has 4 rings (SSSR count). The van der Waals surface area contributed by atoms with Crippen molar-refractivity contribution in [1.82, 2.24) is 9.66 Å². The number of rotatable bonds is 4. The van der Waals surface area contributed by atoms with Crippen molar-refractivity contribution >= 4 is 28.5 Å². The topological polar surface area (TPSA) is 76.5 Å². The summed E-state index contributed by atoms with van der Waals surface area (Å²) in [5, 5.41) is 0. The number of carbonyl (C=O) groups excluding carboxylic acids is 2. The number of nitrogens with one attached hydrogen (secondary N) is 1. The molecule has 1 saturated heterocycles. The van der Waals surface area contributed by atoms with E-state index >= 15 is 0 Å². The van der Waals surface area contributed by atoms with Crippen LogP contribution in [0.3, 0.4) is 0 Å². The number of aromatic nitrogens is 2.